The lowest BCUT2D eigenvalue weighted by atomic mass is 9.77. The maximum Gasteiger partial charge on any atom is 0.330 e. The summed E-state index contributed by atoms with van der Waals surface area (Å²) in [5, 5.41) is 0. The monoisotopic (exact) mass is 374 g/mol. The Labute approximate surface area is 168 Å². The van der Waals surface area contributed by atoms with Gasteiger partial charge >= 0.3 is 5.97 Å². The third kappa shape index (κ3) is 5.45. The van der Waals surface area contributed by atoms with Crippen molar-refractivity contribution in [2.24, 2.45) is 5.92 Å². The molecular weight excluding hydrogens is 344 g/mol. The maximum absolute atomic E-state index is 11.2. The first-order valence-electron chi connectivity index (χ1n) is 10.3. The summed E-state index contributed by atoms with van der Waals surface area (Å²) in [7, 11) is 1.38. The van der Waals surface area contributed by atoms with Gasteiger partial charge in [-0.3, -0.25) is 0 Å². The van der Waals surface area contributed by atoms with E-state index in [2.05, 4.69) is 47.7 Å². The summed E-state index contributed by atoms with van der Waals surface area (Å²) in [5.74, 6) is 1.26. The predicted molar refractivity (Wildman–Crippen MR) is 117 cm³/mol. The number of rotatable bonds is 7. The minimum absolute atomic E-state index is 0.339. The third-order valence-corrected chi connectivity index (χ3v) is 5.86. The average molecular weight is 375 g/mol. The van der Waals surface area contributed by atoms with Crippen molar-refractivity contribution in [3.63, 3.8) is 0 Å². The number of methoxy groups -OCH3 is 1. The van der Waals surface area contributed by atoms with Crippen molar-refractivity contribution in [1.29, 1.82) is 0 Å². The molecule has 1 aliphatic rings. The van der Waals surface area contributed by atoms with E-state index in [4.69, 9.17) is 0 Å². The molecule has 2 aromatic rings. The highest BCUT2D eigenvalue weighted by Gasteiger charge is 2.21. The minimum atomic E-state index is -0.339. The van der Waals surface area contributed by atoms with Crippen LogP contribution in [-0.4, -0.2) is 13.1 Å². The fourth-order valence-electron chi connectivity index (χ4n) is 4.10. The average Bonchev–Trinajstić information content (AvgIpc) is 2.77. The van der Waals surface area contributed by atoms with Gasteiger partial charge in [0.25, 0.3) is 0 Å². The van der Waals surface area contributed by atoms with Gasteiger partial charge in [0.1, 0.15) is 0 Å². The van der Waals surface area contributed by atoms with Crippen LogP contribution in [-0.2, 0) is 9.53 Å². The molecule has 3 rings (SSSR count). The number of allylic oxidation sites excluding steroid dienone is 1. The second kappa shape index (κ2) is 10.1. The van der Waals surface area contributed by atoms with E-state index in [-0.39, 0.29) is 5.97 Å². The summed E-state index contributed by atoms with van der Waals surface area (Å²) in [5.41, 5.74) is 4.88. The molecule has 0 bridgehead atoms. The lowest BCUT2D eigenvalue weighted by molar-refractivity contribution is -0.134. The van der Waals surface area contributed by atoms with Crippen molar-refractivity contribution in [3.05, 3.63) is 78.4 Å². The van der Waals surface area contributed by atoms with E-state index >= 15 is 0 Å². The van der Waals surface area contributed by atoms with E-state index in [0.29, 0.717) is 5.92 Å². The Morgan fingerprint density at radius 3 is 2.18 bits per heavy atom. The normalized spacial score (nSPS) is 19.5. The first-order chi connectivity index (χ1) is 13.7. The van der Waals surface area contributed by atoms with Crippen molar-refractivity contribution < 1.29 is 9.53 Å². The molecule has 1 fully saturated rings. The van der Waals surface area contributed by atoms with E-state index in [9.17, 15) is 4.79 Å². The molecule has 28 heavy (non-hydrogen) atoms. The first kappa shape index (κ1) is 20.1. The molecule has 0 spiro atoms. The van der Waals surface area contributed by atoms with Crippen LogP contribution >= 0.6 is 0 Å². The van der Waals surface area contributed by atoms with Crippen LogP contribution in [0.25, 0.3) is 17.2 Å². The van der Waals surface area contributed by atoms with Crippen molar-refractivity contribution >= 4 is 12.0 Å². The molecule has 0 atom stereocenters. The van der Waals surface area contributed by atoms with Crippen LogP contribution in [0.2, 0.25) is 0 Å². The van der Waals surface area contributed by atoms with Crippen LogP contribution in [0.5, 0.6) is 0 Å². The standard InChI is InChI=1S/C26H30O2/c1-3-4-5-20-6-11-22(12-7-20)24-15-17-25(18-16-24)23-13-8-21(9-14-23)10-19-26(27)28-2/h3,8-10,13-20,22H,1,4-7,11-12H2,2H3/b19-10+. The Morgan fingerprint density at radius 1 is 1.00 bits per heavy atom. The quantitative estimate of drug-likeness (QED) is 0.303. The van der Waals surface area contributed by atoms with Gasteiger partial charge in [0.15, 0.2) is 0 Å². The smallest absolute Gasteiger partial charge is 0.330 e. The number of esters is 1. The number of hydrogen-bond donors (Lipinski definition) is 0. The van der Waals surface area contributed by atoms with Gasteiger partial charge in [-0.25, -0.2) is 4.79 Å². The van der Waals surface area contributed by atoms with Crippen LogP contribution in [0.3, 0.4) is 0 Å². The topological polar surface area (TPSA) is 26.3 Å². The molecule has 2 aromatic carbocycles. The van der Waals surface area contributed by atoms with Gasteiger partial charge < -0.3 is 4.74 Å². The second-order valence-corrected chi connectivity index (χ2v) is 7.68. The lowest BCUT2D eigenvalue weighted by Crippen LogP contribution is -2.13. The van der Waals surface area contributed by atoms with Crippen molar-refractivity contribution in [2.75, 3.05) is 7.11 Å². The molecule has 0 saturated heterocycles. The molecule has 2 nitrogen and oxygen atoms in total. The van der Waals surface area contributed by atoms with Crippen molar-refractivity contribution in [1.82, 2.24) is 0 Å². The van der Waals surface area contributed by atoms with Gasteiger partial charge in [-0.2, -0.15) is 0 Å². The number of carbonyl (C=O) groups is 1. The molecule has 0 heterocycles. The van der Waals surface area contributed by atoms with E-state index < -0.39 is 0 Å². The SMILES string of the molecule is C=CCCC1CCC(c2ccc(-c3ccc(/C=C/C(=O)OC)cc3)cc2)CC1. The van der Waals surface area contributed by atoms with Crippen molar-refractivity contribution in [2.45, 2.75) is 44.4 Å². The molecule has 146 valence electrons. The molecule has 0 unspecified atom stereocenters. The number of benzene rings is 2. The molecule has 2 heteroatoms. The van der Waals surface area contributed by atoms with Gasteiger partial charge in [0.2, 0.25) is 0 Å². The van der Waals surface area contributed by atoms with Gasteiger partial charge in [-0.1, -0.05) is 54.6 Å². The molecule has 1 aliphatic carbocycles. The zero-order valence-corrected chi connectivity index (χ0v) is 16.8. The second-order valence-electron chi connectivity index (χ2n) is 7.68. The Morgan fingerprint density at radius 2 is 1.61 bits per heavy atom. The number of ether oxygens (including phenoxy) is 1. The van der Waals surface area contributed by atoms with E-state index in [1.807, 2.05) is 18.2 Å². The van der Waals surface area contributed by atoms with Gasteiger partial charge in [-0.05, 0) is 78.7 Å². The Kier molecular flexibility index (Phi) is 7.25. The van der Waals surface area contributed by atoms with Crippen LogP contribution in [0.4, 0.5) is 0 Å². The molecule has 0 radical (unpaired) electrons. The van der Waals surface area contributed by atoms with Gasteiger partial charge in [-0.15, -0.1) is 6.58 Å². The number of carbonyl (C=O) groups excluding carboxylic acids is 1. The van der Waals surface area contributed by atoms with E-state index in [1.54, 1.807) is 6.08 Å². The van der Waals surface area contributed by atoms with Crippen molar-refractivity contribution in [3.8, 4) is 11.1 Å². The molecule has 0 aliphatic heterocycles. The highest BCUT2D eigenvalue weighted by atomic mass is 16.5. The summed E-state index contributed by atoms with van der Waals surface area (Å²) < 4.78 is 4.62. The minimum Gasteiger partial charge on any atom is -0.466 e. The van der Waals surface area contributed by atoms with Crippen LogP contribution in [0, 0.1) is 5.92 Å². The lowest BCUT2D eigenvalue weighted by Gasteiger charge is -2.28. The summed E-state index contributed by atoms with van der Waals surface area (Å²) in [6.07, 6.45) is 13.0. The highest BCUT2D eigenvalue weighted by Crippen LogP contribution is 2.38. The fourth-order valence-corrected chi connectivity index (χ4v) is 4.10. The van der Waals surface area contributed by atoms with Gasteiger partial charge in [0, 0.05) is 6.08 Å². The Balaban J connectivity index is 1.59. The predicted octanol–water partition coefficient (Wildman–Crippen LogP) is 6.78. The van der Waals surface area contributed by atoms with Crippen LogP contribution in [0.15, 0.2) is 67.3 Å². The Bertz CT molecular complexity index is 791. The molecule has 0 N–H and O–H groups in total. The fraction of sp³-hybridized carbons (Fsp3) is 0.346. The zero-order valence-electron chi connectivity index (χ0n) is 16.8. The molecular formula is C26H30O2. The summed E-state index contributed by atoms with van der Waals surface area (Å²) in [4.78, 5) is 11.2. The molecule has 1 saturated carbocycles. The number of hydrogen-bond acceptors (Lipinski definition) is 2. The summed E-state index contributed by atoms with van der Waals surface area (Å²) >= 11 is 0. The Hall–Kier alpha value is -2.61. The zero-order chi connectivity index (χ0) is 19.8. The first-order valence-corrected chi connectivity index (χ1v) is 10.3. The molecule has 0 aromatic heterocycles. The van der Waals surface area contributed by atoms with Crippen LogP contribution in [0.1, 0.15) is 55.6 Å². The molecule has 0 amide bonds. The summed E-state index contributed by atoms with van der Waals surface area (Å²) in [6.45, 7) is 3.84. The maximum atomic E-state index is 11.2. The third-order valence-electron chi connectivity index (χ3n) is 5.86. The summed E-state index contributed by atoms with van der Waals surface area (Å²) in [6, 6.07) is 17.3. The van der Waals surface area contributed by atoms with E-state index in [1.165, 1.54) is 62.0 Å². The van der Waals surface area contributed by atoms with Gasteiger partial charge in [0.05, 0.1) is 7.11 Å². The van der Waals surface area contributed by atoms with Crippen LogP contribution < -0.4 is 0 Å². The largest absolute Gasteiger partial charge is 0.466 e. The highest BCUT2D eigenvalue weighted by molar-refractivity contribution is 5.87. The van der Waals surface area contributed by atoms with E-state index in [0.717, 1.165) is 17.9 Å².